The Labute approximate surface area is 163 Å². The summed E-state index contributed by atoms with van der Waals surface area (Å²) in [5.41, 5.74) is -0.0852. The highest BCUT2D eigenvalue weighted by Gasteiger charge is 2.22. The monoisotopic (exact) mass is 401 g/mol. The average Bonchev–Trinajstić information content (AvgIpc) is 3.12. The molecule has 0 N–H and O–H groups in total. The van der Waals surface area contributed by atoms with E-state index in [9.17, 15) is 14.9 Å². The van der Waals surface area contributed by atoms with Crippen LogP contribution in [0.4, 0.5) is 5.69 Å². The zero-order chi connectivity index (χ0) is 20.1. The molecule has 0 atom stereocenters. The van der Waals surface area contributed by atoms with E-state index >= 15 is 0 Å². The Morgan fingerprint density at radius 3 is 2.75 bits per heavy atom. The molecule has 0 aliphatic rings. The third kappa shape index (κ3) is 4.46. The molecule has 0 saturated heterocycles. The molecule has 9 nitrogen and oxygen atoms in total. The molecule has 0 fully saturated rings. The molecular weight excluding hydrogens is 386 g/mol. The van der Waals surface area contributed by atoms with E-state index in [1.807, 2.05) is 0 Å². The minimum Gasteiger partial charge on any atom is -0.496 e. The Balaban J connectivity index is 1.81. The summed E-state index contributed by atoms with van der Waals surface area (Å²) in [5.74, 6) is 0.763. The number of nitrogens with zero attached hydrogens (tertiary/aromatic N) is 3. The summed E-state index contributed by atoms with van der Waals surface area (Å²) in [7, 11) is 1.39. The second-order valence-electron chi connectivity index (χ2n) is 5.49. The summed E-state index contributed by atoms with van der Waals surface area (Å²) in [6.45, 7) is 1.69. The van der Waals surface area contributed by atoms with E-state index in [4.69, 9.17) is 14.0 Å². The van der Waals surface area contributed by atoms with Crippen molar-refractivity contribution in [3.8, 4) is 11.5 Å². The standard InChI is InChI=1S/C18H15N3O6S/c1-11-19-17(20-27-11)10-28-16-6-4-3-5-13(16)18(22)26-15-8-7-12(25-2)9-14(15)21(23)24/h3-9H,10H2,1-2H3. The SMILES string of the molecule is COc1ccc(OC(=O)c2ccccc2SCc2noc(C)n2)c([N+](=O)[O-])c1. The molecule has 0 bridgehead atoms. The normalized spacial score (nSPS) is 10.5. The van der Waals surface area contributed by atoms with Gasteiger partial charge in [0.05, 0.1) is 29.4 Å². The highest BCUT2D eigenvalue weighted by Crippen LogP contribution is 2.33. The van der Waals surface area contributed by atoms with Crippen molar-refractivity contribution in [2.24, 2.45) is 0 Å². The van der Waals surface area contributed by atoms with Crippen molar-refractivity contribution >= 4 is 23.4 Å². The van der Waals surface area contributed by atoms with E-state index in [0.29, 0.717) is 22.4 Å². The Morgan fingerprint density at radius 2 is 2.07 bits per heavy atom. The summed E-state index contributed by atoms with van der Waals surface area (Å²) >= 11 is 1.33. The van der Waals surface area contributed by atoms with Crippen molar-refractivity contribution in [1.29, 1.82) is 0 Å². The molecule has 0 aliphatic carbocycles. The van der Waals surface area contributed by atoms with Gasteiger partial charge in [-0.2, -0.15) is 4.98 Å². The predicted octanol–water partition coefficient (Wildman–Crippen LogP) is 3.81. The molecule has 1 aromatic heterocycles. The first kappa shape index (κ1) is 19.4. The zero-order valence-corrected chi connectivity index (χ0v) is 15.8. The molecule has 0 aliphatic heterocycles. The number of aromatic nitrogens is 2. The largest absolute Gasteiger partial charge is 0.496 e. The maximum absolute atomic E-state index is 12.6. The number of ether oxygens (including phenoxy) is 2. The molecule has 10 heteroatoms. The lowest BCUT2D eigenvalue weighted by Crippen LogP contribution is -2.11. The van der Waals surface area contributed by atoms with Crippen molar-refractivity contribution in [1.82, 2.24) is 10.1 Å². The topological polar surface area (TPSA) is 118 Å². The lowest BCUT2D eigenvalue weighted by Gasteiger charge is -2.09. The molecule has 0 radical (unpaired) electrons. The van der Waals surface area contributed by atoms with Gasteiger partial charge in [0.1, 0.15) is 5.75 Å². The van der Waals surface area contributed by atoms with Gasteiger partial charge in [0, 0.05) is 11.8 Å². The number of methoxy groups -OCH3 is 1. The number of aryl methyl sites for hydroxylation is 1. The van der Waals surface area contributed by atoms with Crippen LogP contribution < -0.4 is 9.47 Å². The lowest BCUT2D eigenvalue weighted by atomic mass is 10.2. The first-order valence-electron chi connectivity index (χ1n) is 8.03. The number of nitro groups is 1. The molecule has 28 heavy (non-hydrogen) atoms. The molecule has 3 rings (SSSR count). The number of esters is 1. The van der Waals surface area contributed by atoms with Crippen LogP contribution in [0.25, 0.3) is 0 Å². The predicted molar refractivity (Wildman–Crippen MR) is 99.6 cm³/mol. The summed E-state index contributed by atoms with van der Waals surface area (Å²) in [5, 5.41) is 15.1. The van der Waals surface area contributed by atoms with Gasteiger partial charge < -0.3 is 14.0 Å². The van der Waals surface area contributed by atoms with Gasteiger partial charge >= 0.3 is 11.7 Å². The van der Waals surface area contributed by atoms with Crippen molar-refractivity contribution < 1.29 is 23.7 Å². The maximum Gasteiger partial charge on any atom is 0.344 e. The molecule has 0 amide bonds. The third-order valence-electron chi connectivity index (χ3n) is 3.60. The van der Waals surface area contributed by atoms with Gasteiger partial charge in [0.2, 0.25) is 11.6 Å². The number of hydrogen-bond donors (Lipinski definition) is 0. The Hall–Kier alpha value is -3.40. The van der Waals surface area contributed by atoms with E-state index < -0.39 is 10.9 Å². The van der Waals surface area contributed by atoms with Crippen LogP contribution in [-0.2, 0) is 5.75 Å². The quantitative estimate of drug-likeness (QED) is 0.191. The maximum atomic E-state index is 12.6. The van der Waals surface area contributed by atoms with Gasteiger partial charge in [-0.3, -0.25) is 10.1 Å². The van der Waals surface area contributed by atoms with Gasteiger partial charge in [0.15, 0.2) is 5.82 Å². The number of rotatable bonds is 7. The third-order valence-corrected chi connectivity index (χ3v) is 4.67. The average molecular weight is 401 g/mol. The molecule has 0 unspecified atom stereocenters. The summed E-state index contributed by atoms with van der Waals surface area (Å²) in [6, 6.07) is 10.8. The van der Waals surface area contributed by atoms with Gasteiger partial charge in [-0.1, -0.05) is 17.3 Å². The highest BCUT2D eigenvalue weighted by molar-refractivity contribution is 7.98. The van der Waals surface area contributed by atoms with Crippen LogP contribution in [0, 0.1) is 17.0 Å². The van der Waals surface area contributed by atoms with Gasteiger partial charge in [0.25, 0.3) is 0 Å². The van der Waals surface area contributed by atoms with Crippen molar-refractivity contribution in [2.45, 2.75) is 17.6 Å². The number of benzene rings is 2. The van der Waals surface area contributed by atoms with E-state index in [2.05, 4.69) is 10.1 Å². The molecular formula is C18H15N3O6S. The molecule has 1 heterocycles. The van der Waals surface area contributed by atoms with E-state index in [-0.39, 0.29) is 22.7 Å². The minimum absolute atomic E-state index is 0.163. The number of hydrogen-bond acceptors (Lipinski definition) is 9. The van der Waals surface area contributed by atoms with Gasteiger partial charge in [-0.05, 0) is 24.3 Å². The van der Waals surface area contributed by atoms with Crippen LogP contribution in [0.3, 0.4) is 0 Å². The van der Waals surface area contributed by atoms with Crippen LogP contribution >= 0.6 is 11.8 Å². The van der Waals surface area contributed by atoms with Crippen molar-refractivity contribution in [2.75, 3.05) is 7.11 Å². The van der Waals surface area contributed by atoms with E-state index in [1.165, 1.54) is 37.1 Å². The lowest BCUT2D eigenvalue weighted by molar-refractivity contribution is -0.385. The smallest absolute Gasteiger partial charge is 0.344 e. The second kappa shape index (κ2) is 8.53. The fourth-order valence-electron chi connectivity index (χ4n) is 2.31. The van der Waals surface area contributed by atoms with Crippen molar-refractivity contribution in [3.63, 3.8) is 0 Å². The van der Waals surface area contributed by atoms with Gasteiger partial charge in [-0.15, -0.1) is 11.8 Å². The number of carbonyl (C=O) groups excluding carboxylic acids is 1. The minimum atomic E-state index is -0.708. The Bertz CT molecular complexity index is 1020. The Morgan fingerprint density at radius 1 is 1.29 bits per heavy atom. The molecule has 0 saturated carbocycles. The van der Waals surface area contributed by atoms with Crippen LogP contribution in [0.5, 0.6) is 11.5 Å². The number of thioether (sulfide) groups is 1. The molecule has 0 spiro atoms. The number of nitro benzene ring substituents is 1. The second-order valence-corrected chi connectivity index (χ2v) is 6.51. The van der Waals surface area contributed by atoms with Crippen LogP contribution in [0.2, 0.25) is 0 Å². The van der Waals surface area contributed by atoms with Gasteiger partial charge in [-0.25, -0.2) is 4.79 Å². The van der Waals surface area contributed by atoms with Crippen LogP contribution in [-0.4, -0.2) is 28.1 Å². The summed E-state index contributed by atoms with van der Waals surface area (Å²) in [4.78, 5) is 28.0. The Kier molecular flexibility index (Phi) is 5.90. The molecule has 3 aromatic rings. The summed E-state index contributed by atoms with van der Waals surface area (Å²) in [6.07, 6.45) is 0. The van der Waals surface area contributed by atoms with E-state index in [1.54, 1.807) is 31.2 Å². The van der Waals surface area contributed by atoms with Crippen molar-refractivity contribution in [3.05, 3.63) is 69.9 Å². The van der Waals surface area contributed by atoms with Crippen LogP contribution in [0.1, 0.15) is 22.1 Å². The zero-order valence-electron chi connectivity index (χ0n) is 14.9. The first-order chi connectivity index (χ1) is 13.5. The number of carbonyl (C=O) groups is 1. The molecule has 144 valence electrons. The summed E-state index contributed by atoms with van der Waals surface area (Å²) < 4.78 is 15.2. The highest BCUT2D eigenvalue weighted by atomic mass is 32.2. The van der Waals surface area contributed by atoms with E-state index in [0.717, 1.165) is 0 Å². The molecule has 2 aromatic carbocycles. The van der Waals surface area contributed by atoms with Crippen LogP contribution in [0.15, 0.2) is 51.9 Å². The fraction of sp³-hybridized carbons (Fsp3) is 0.167. The fourth-order valence-corrected chi connectivity index (χ4v) is 3.19. The first-order valence-corrected chi connectivity index (χ1v) is 9.02.